The van der Waals surface area contributed by atoms with Gasteiger partial charge in [0.05, 0.1) is 12.7 Å². The van der Waals surface area contributed by atoms with Crippen LogP contribution in [0.5, 0.6) is 0 Å². The van der Waals surface area contributed by atoms with Crippen molar-refractivity contribution in [1.29, 1.82) is 0 Å². The van der Waals surface area contributed by atoms with E-state index >= 15 is 0 Å². The lowest BCUT2D eigenvalue weighted by atomic mass is 10.1. The lowest BCUT2D eigenvalue weighted by Gasteiger charge is -2.31. The van der Waals surface area contributed by atoms with Gasteiger partial charge in [0, 0.05) is 31.2 Å². The van der Waals surface area contributed by atoms with Gasteiger partial charge in [-0.05, 0) is 20.0 Å². The summed E-state index contributed by atoms with van der Waals surface area (Å²) >= 11 is 0. The highest BCUT2D eigenvalue weighted by molar-refractivity contribution is 5.20. The standard InChI is InChI=1S/C14H21FN2O/c1-11(13-5-3-4-6-14(13)15)16-9-12-10-17(2)7-8-18-12/h3-6,11-12,16H,7-10H2,1-2H3/t11-,12?/m1/s1. The second-order valence-corrected chi connectivity index (χ2v) is 4.91. The van der Waals surface area contributed by atoms with Gasteiger partial charge >= 0.3 is 0 Å². The van der Waals surface area contributed by atoms with Gasteiger partial charge < -0.3 is 15.0 Å². The van der Waals surface area contributed by atoms with Crippen LogP contribution in [0.15, 0.2) is 24.3 Å². The molecule has 1 aromatic carbocycles. The highest BCUT2D eigenvalue weighted by Crippen LogP contribution is 2.16. The normalized spacial score (nSPS) is 22.9. The molecule has 1 saturated heterocycles. The number of hydrogen-bond donors (Lipinski definition) is 1. The van der Waals surface area contributed by atoms with Gasteiger partial charge in [0.2, 0.25) is 0 Å². The molecule has 1 fully saturated rings. The smallest absolute Gasteiger partial charge is 0.127 e. The van der Waals surface area contributed by atoms with Crippen LogP contribution in [0.25, 0.3) is 0 Å². The van der Waals surface area contributed by atoms with Crippen molar-refractivity contribution in [3.05, 3.63) is 35.6 Å². The number of likely N-dealkylation sites (N-methyl/N-ethyl adjacent to an activating group) is 1. The zero-order chi connectivity index (χ0) is 13.0. The van der Waals surface area contributed by atoms with Crippen LogP contribution < -0.4 is 5.32 Å². The fourth-order valence-corrected chi connectivity index (χ4v) is 2.23. The van der Waals surface area contributed by atoms with Gasteiger partial charge in [0.15, 0.2) is 0 Å². The topological polar surface area (TPSA) is 24.5 Å². The lowest BCUT2D eigenvalue weighted by Crippen LogP contribution is -2.45. The predicted octanol–water partition coefficient (Wildman–Crippen LogP) is 1.81. The summed E-state index contributed by atoms with van der Waals surface area (Å²) in [5.41, 5.74) is 0.710. The van der Waals surface area contributed by atoms with Crippen molar-refractivity contribution in [2.75, 3.05) is 33.3 Å². The summed E-state index contributed by atoms with van der Waals surface area (Å²) in [6.45, 7) is 5.41. The van der Waals surface area contributed by atoms with Crippen LogP contribution in [-0.2, 0) is 4.74 Å². The minimum atomic E-state index is -0.154. The summed E-state index contributed by atoms with van der Waals surface area (Å²) in [5.74, 6) is -0.154. The Hall–Kier alpha value is -0.970. The second-order valence-electron chi connectivity index (χ2n) is 4.91. The van der Waals surface area contributed by atoms with Gasteiger partial charge in [-0.3, -0.25) is 0 Å². The van der Waals surface area contributed by atoms with Crippen molar-refractivity contribution < 1.29 is 9.13 Å². The van der Waals surface area contributed by atoms with Crippen molar-refractivity contribution in [2.24, 2.45) is 0 Å². The minimum Gasteiger partial charge on any atom is -0.374 e. The number of nitrogens with zero attached hydrogens (tertiary/aromatic N) is 1. The Bertz CT molecular complexity index is 386. The SMILES string of the molecule is C[C@@H](NCC1CN(C)CCO1)c1ccccc1F. The largest absolute Gasteiger partial charge is 0.374 e. The molecule has 1 heterocycles. The van der Waals surface area contributed by atoms with Gasteiger partial charge in [-0.2, -0.15) is 0 Å². The van der Waals surface area contributed by atoms with Crippen LogP contribution in [0, 0.1) is 5.82 Å². The van der Waals surface area contributed by atoms with Crippen molar-refractivity contribution >= 4 is 0 Å². The maximum Gasteiger partial charge on any atom is 0.127 e. The first-order valence-corrected chi connectivity index (χ1v) is 6.45. The third-order valence-electron chi connectivity index (χ3n) is 3.37. The van der Waals surface area contributed by atoms with Crippen LogP contribution in [0.1, 0.15) is 18.5 Å². The first kappa shape index (κ1) is 13.5. The zero-order valence-corrected chi connectivity index (χ0v) is 11.0. The first-order valence-electron chi connectivity index (χ1n) is 6.45. The molecule has 0 spiro atoms. The maximum absolute atomic E-state index is 13.6. The van der Waals surface area contributed by atoms with E-state index in [-0.39, 0.29) is 18.0 Å². The van der Waals surface area contributed by atoms with Crippen molar-refractivity contribution in [3.63, 3.8) is 0 Å². The van der Waals surface area contributed by atoms with Crippen LogP contribution in [0.4, 0.5) is 4.39 Å². The first-order chi connectivity index (χ1) is 8.66. The molecule has 1 N–H and O–H groups in total. The van der Waals surface area contributed by atoms with Crippen molar-refractivity contribution in [2.45, 2.75) is 19.1 Å². The number of morpholine rings is 1. The van der Waals surface area contributed by atoms with Gasteiger partial charge in [0.1, 0.15) is 5.82 Å². The van der Waals surface area contributed by atoms with Crippen LogP contribution >= 0.6 is 0 Å². The molecule has 1 aliphatic heterocycles. The molecule has 0 aliphatic carbocycles. The zero-order valence-electron chi connectivity index (χ0n) is 11.0. The molecule has 1 aromatic rings. The van der Waals surface area contributed by atoms with Gasteiger partial charge in [-0.25, -0.2) is 4.39 Å². The molecule has 0 saturated carbocycles. The molecule has 0 amide bonds. The third kappa shape index (κ3) is 3.51. The summed E-state index contributed by atoms with van der Waals surface area (Å²) in [4.78, 5) is 2.25. The summed E-state index contributed by atoms with van der Waals surface area (Å²) < 4.78 is 19.3. The summed E-state index contributed by atoms with van der Waals surface area (Å²) in [7, 11) is 2.09. The molecule has 0 bridgehead atoms. The van der Waals surface area contributed by atoms with Gasteiger partial charge in [-0.15, -0.1) is 0 Å². The quantitative estimate of drug-likeness (QED) is 0.884. The van der Waals surface area contributed by atoms with Crippen LogP contribution in [0.2, 0.25) is 0 Å². The van der Waals surface area contributed by atoms with E-state index < -0.39 is 0 Å². The van der Waals surface area contributed by atoms with E-state index in [0.717, 1.165) is 26.2 Å². The second kappa shape index (κ2) is 6.27. The lowest BCUT2D eigenvalue weighted by molar-refractivity contribution is -0.0191. The number of halogens is 1. The van der Waals surface area contributed by atoms with Crippen molar-refractivity contribution in [1.82, 2.24) is 10.2 Å². The third-order valence-corrected chi connectivity index (χ3v) is 3.37. The van der Waals surface area contributed by atoms with Crippen LogP contribution in [-0.4, -0.2) is 44.3 Å². The molecule has 2 atom stereocenters. The van der Waals surface area contributed by atoms with Gasteiger partial charge in [0.25, 0.3) is 0 Å². The Morgan fingerprint density at radius 3 is 3.00 bits per heavy atom. The Kier molecular flexibility index (Phi) is 4.69. The average Bonchev–Trinajstić information content (AvgIpc) is 2.37. The van der Waals surface area contributed by atoms with E-state index in [1.54, 1.807) is 6.07 Å². The summed E-state index contributed by atoms with van der Waals surface area (Å²) in [5, 5.41) is 3.34. The Morgan fingerprint density at radius 2 is 2.28 bits per heavy atom. The molecular weight excluding hydrogens is 231 g/mol. The fourth-order valence-electron chi connectivity index (χ4n) is 2.23. The summed E-state index contributed by atoms with van der Waals surface area (Å²) in [6.07, 6.45) is 0.193. The van der Waals surface area contributed by atoms with E-state index in [0.29, 0.717) is 5.56 Å². The Balaban J connectivity index is 1.84. The molecule has 100 valence electrons. The van der Waals surface area contributed by atoms with Crippen molar-refractivity contribution in [3.8, 4) is 0 Å². The highest BCUT2D eigenvalue weighted by atomic mass is 19.1. The van der Waals surface area contributed by atoms with E-state index in [4.69, 9.17) is 4.74 Å². The van der Waals surface area contributed by atoms with Crippen LogP contribution in [0.3, 0.4) is 0 Å². The summed E-state index contributed by atoms with van der Waals surface area (Å²) in [6, 6.07) is 6.90. The highest BCUT2D eigenvalue weighted by Gasteiger charge is 2.18. The number of benzene rings is 1. The molecule has 1 aliphatic rings. The molecule has 3 nitrogen and oxygen atoms in total. The minimum absolute atomic E-state index is 0.00188. The Morgan fingerprint density at radius 1 is 1.50 bits per heavy atom. The predicted molar refractivity (Wildman–Crippen MR) is 70.1 cm³/mol. The number of ether oxygens (including phenoxy) is 1. The maximum atomic E-state index is 13.6. The fraction of sp³-hybridized carbons (Fsp3) is 0.571. The van der Waals surface area contributed by atoms with E-state index in [1.165, 1.54) is 6.07 Å². The van der Waals surface area contributed by atoms with E-state index in [1.807, 2.05) is 19.1 Å². The van der Waals surface area contributed by atoms with Gasteiger partial charge in [-0.1, -0.05) is 18.2 Å². The number of hydrogen-bond acceptors (Lipinski definition) is 3. The number of nitrogens with one attached hydrogen (secondary N) is 1. The number of rotatable bonds is 4. The molecule has 4 heteroatoms. The molecule has 0 radical (unpaired) electrons. The molecule has 1 unspecified atom stereocenters. The van der Waals surface area contributed by atoms with E-state index in [2.05, 4.69) is 17.3 Å². The monoisotopic (exact) mass is 252 g/mol. The average molecular weight is 252 g/mol. The molecular formula is C14H21FN2O. The molecule has 18 heavy (non-hydrogen) atoms. The molecule has 0 aromatic heterocycles. The molecule has 2 rings (SSSR count). The van der Waals surface area contributed by atoms with E-state index in [9.17, 15) is 4.39 Å². The Labute approximate surface area is 108 Å².